The molecule has 0 saturated heterocycles. The largest absolute Gasteiger partial charge is 0.748 e. The maximum absolute atomic E-state index is 9.74. The number of hydrogen-bond donors (Lipinski definition) is 1. The van der Waals surface area contributed by atoms with E-state index < -0.39 is 17.6 Å². The Balaban J connectivity index is 3.50. The number of hydrogen-bond acceptors (Lipinski definition) is 5. The van der Waals surface area contributed by atoms with Crippen LogP contribution in [0.4, 0.5) is 0 Å². The average Bonchev–Trinajstić information content (AvgIpc) is 1.63. The fourth-order valence-electron chi connectivity index (χ4n) is 0.158. The second kappa shape index (κ2) is 3.91. The number of aliphatic hydroxyl groups is 1. The van der Waals surface area contributed by atoms with Crippen molar-refractivity contribution in [1.82, 2.24) is 5.06 Å². The van der Waals surface area contributed by atoms with Crippen molar-refractivity contribution < 1.29 is 18.2 Å². The lowest BCUT2D eigenvalue weighted by molar-refractivity contribution is -0.140. The van der Waals surface area contributed by atoms with Gasteiger partial charge in [-0.15, -0.1) is 5.06 Å². The minimum Gasteiger partial charge on any atom is -0.748 e. The number of aliphatic hydroxyl groups excluding tert-OH is 1. The van der Waals surface area contributed by atoms with E-state index in [4.69, 9.17) is 5.11 Å². The van der Waals surface area contributed by atoms with E-state index in [0.717, 1.165) is 5.06 Å². The van der Waals surface area contributed by atoms with Crippen molar-refractivity contribution in [1.29, 1.82) is 0 Å². The van der Waals surface area contributed by atoms with Crippen LogP contribution in [0.25, 0.3) is 0 Å². The summed E-state index contributed by atoms with van der Waals surface area (Å²) < 4.78 is 23.5. The van der Waals surface area contributed by atoms with Gasteiger partial charge in [-0.3, -0.25) is 0 Å². The lowest BCUT2D eigenvalue weighted by Gasteiger charge is -2.19. The molecular formula is C3H8NO4S-. The Labute approximate surface area is 55.7 Å². The first-order chi connectivity index (χ1) is 4.04. The van der Waals surface area contributed by atoms with Crippen LogP contribution >= 0.6 is 0 Å². The molecule has 0 bridgehead atoms. The van der Waals surface area contributed by atoms with Crippen LogP contribution in [0.15, 0.2) is 0 Å². The van der Waals surface area contributed by atoms with E-state index in [9.17, 15) is 8.76 Å². The maximum atomic E-state index is 9.74. The molecule has 0 radical (unpaired) electrons. The zero-order valence-electron chi connectivity index (χ0n) is 5.10. The number of rotatable bonds is 3. The zero-order valence-corrected chi connectivity index (χ0v) is 5.92. The number of nitrogens with zero attached hydrogens (tertiary/aromatic N) is 1. The molecule has 2 unspecified atom stereocenters. The summed E-state index contributed by atoms with van der Waals surface area (Å²) in [7, 11) is 1.31. The van der Waals surface area contributed by atoms with E-state index in [1.165, 1.54) is 14.0 Å². The highest BCUT2D eigenvalue weighted by Crippen LogP contribution is 1.92. The topological polar surface area (TPSA) is 72.8 Å². The summed E-state index contributed by atoms with van der Waals surface area (Å²) >= 11 is -2.60. The quantitative estimate of drug-likeness (QED) is 0.320. The summed E-state index contributed by atoms with van der Waals surface area (Å²) in [6.45, 7) is 1.38. The third-order valence-electron chi connectivity index (χ3n) is 0.705. The zero-order chi connectivity index (χ0) is 7.44. The van der Waals surface area contributed by atoms with Crippen molar-refractivity contribution in [2.75, 3.05) is 7.05 Å². The summed E-state index contributed by atoms with van der Waals surface area (Å²) in [5.41, 5.74) is 0. The Hall–Kier alpha value is -0.0100. The third-order valence-corrected chi connectivity index (χ3v) is 1.06. The van der Waals surface area contributed by atoms with Gasteiger partial charge in [0.1, 0.15) is 17.6 Å². The normalized spacial score (nSPS) is 17.9. The van der Waals surface area contributed by atoms with E-state index in [0.29, 0.717) is 0 Å². The van der Waals surface area contributed by atoms with Crippen molar-refractivity contribution in [2.45, 2.75) is 13.2 Å². The van der Waals surface area contributed by atoms with Crippen LogP contribution in [0.1, 0.15) is 6.92 Å². The minimum absolute atomic E-state index is 0.809. The predicted octanol–water partition coefficient (Wildman–Crippen LogP) is -1.02. The predicted molar refractivity (Wildman–Crippen MR) is 29.4 cm³/mol. The lowest BCUT2D eigenvalue weighted by atomic mass is 10.7. The SMILES string of the molecule is CC(O)N(C)OS(=O)[O-]. The molecule has 0 amide bonds. The van der Waals surface area contributed by atoms with Gasteiger partial charge in [0, 0.05) is 7.05 Å². The smallest absolute Gasteiger partial charge is 0.128 e. The third kappa shape index (κ3) is 4.49. The first-order valence-electron chi connectivity index (χ1n) is 2.22. The Morgan fingerprint density at radius 3 is 2.44 bits per heavy atom. The van der Waals surface area contributed by atoms with Crippen LogP contribution in [-0.4, -0.2) is 32.2 Å². The van der Waals surface area contributed by atoms with E-state index in [1.807, 2.05) is 0 Å². The Bertz CT molecular complexity index is 106. The molecule has 0 aromatic carbocycles. The molecule has 0 aliphatic rings. The molecule has 0 aliphatic heterocycles. The van der Waals surface area contributed by atoms with Crippen LogP contribution in [0.5, 0.6) is 0 Å². The molecule has 9 heavy (non-hydrogen) atoms. The summed E-state index contributed by atoms with van der Waals surface area (Å²) in [5.74, 6) is 0. The molecule has 0 heterocycles. The van der Waals surface area contributed by atoms with E-state index in [2.05, 4.69) is 4.28 Å². The van der Waals surface area contributed by atoms with Crippen molar-refractivity contribution in [2.24, 2.45) is 0 Å². The lowest BCUT2D eigenvalue weighted by Crippen LogP contribution is -2.29. The Kier molecular flexibility index (Phi) is 3.91. The van der Waals surface area contributed by atoms with Crippen LogP contribution in [0.3, 0.4) is 0 Å². The maximum Gasteiger partial charge on any atom is 0.128 e. The molecule has 0 spiro atoms. The van der Waals surface area contributed by atoms with Gasteiger partial charge in [0.2, 0.25) is 0 Å². The van der Waals surface area contributed by atoms with Crippen LogP contribution in [0.2, 0.25) is 0 Å². The molecule has 0 aromatic heterocycles. The van der Waals surface area contributed by atoms with Gasteiger partial charge in [0.05, 0.1) is 0 Å². The molecule has 0 aromatic rings. The number of hydroxylamine groups is 2. The fourth-order valence-corrected chi connectivity index (χ4v) is 0.475. The standard InChI is InChI=1S/C3H9NO4S/c1-3(5)4(2)8-9(6)7/h3,5H,1-2H3,(H,6,7)/p-1. The Morgan fingerprint density at radius 1 is 1.89 bits per heavy atom. The summed E-state index contributed by atoms with van der Waals surface area (Å²) in [6.07, 6.45) is -0.928. The molecule has 0 rings (SSSR count). The van der Waals surface area contributed by atoms with Gasteiger partial charge in [-0.2, -0.15) is 0 Å². The molecule has 2 atom stereocenters. The molecule has 0 aliphatic carbocycles. The van der Waals surface area contributed by atoms with Crippen LogP contribution in [0, 0.1) is 0 Å². The second-order valence-electron chi connectivity index (χ2n) is 1.46. The van der Waals surface area contributed by atoms with Gasteiger partial charge >= 0.3 is 0 Å². The van der Waals surface area contributed by atoms with Crippen molar-refractivity contribution in [3.63, 3.8) is 0 Å². The summed E-state index contributed by atoms with van der Waals surface area (Å²) in [6, 6.07) is 0. The molecular weight excluding hydrogens is 146 g/mol. The van der Waals surface area contributed by atoms with Crippen molar-refractivity contribution >= 4 is 11.4 Å². The van der Waals surface area contributed by atoms with E-state index in [1.54, 1.807) is 0 Å². The molecule has 6 heteroatoms. The van der Waals surface area contributed by atoms with Crippen LogP contribution < -0.4 is 0 Å². The molecule has 56 valence electrons. The van der Waals surface area contributed by atoms with Gasteiger partial charge < -0.3 is 9.66 Å². The average molecular weight is 154 g/mol. The fraction of sp³-hybridized carbons (Fsp3) is 1.00. The highest BCUT2D eigenvalue weighted by atomic mass is 32.2. The monoisotopic (exact) mass is 154 g/mol. The van der Waals surface area contributed by atoms with Gasteiger partial charge in [0.25, 0.3) is 0 Å². The van der Waals surface area contributed by atoms with Gasteiger partial charge in [-0.25, -0.2) is 8.49 Å². The molecule has 1 N–H and O–H groups in total. The van der Waals surface area contributed by atoms with Gasteiger partial charge in [-0.1, -0.05) is 0 Å². The summed E-state index contributed by atoms with van der Waals surface area (Å²) in [5, 5.41) is 9.41. The second-order valence-corrected chi connectivity index (χ2v) is 2.01. The Morgan fingerprint density at radius 2 is 2.33 bits per heavy atom. The highest BCUT2D eigenvalue weighted by molar-refractivity contribution is 7.74. The molecule has 0 saturated carbocycles. The van der Waals surface area contributed by atoms with Crippen molar-refractivity contribution in [3.8, 4) is 0 Å². The minimum atomic E-state index is -2.60. The van der Waals surface area contributed by atoms with Gasteiger partial charge in [-0.05, 0) is 6.92 Å². The van der Waals surface area contributed by atoms with Crippen molar-refractivity contribution in [3.05, 3.63) is 0 Å². The molecule has 0 fully saturated rings. The summed E-state index contributed by atoms with van der Waals surface area (Å²) in [4.78, 5) is 0. The van der Waals surface area contributed by atoms with Crippen LogP contribution in [-0.2, 0) is 15.6 Å². The first kappa shape index (κ1) is 8.99. The first-order valence-corrected chi connectivity index (χ1v) is 3.22. The van der Waals surface area contributed by atoms with Gasteiger partial charge in [0.15, 0.2) is 0 Å². The molecule has 5 nitrogen and oxygen atoms in total. The van der Waals surface area contributed by atoms with E-state index >= 15 is 0 Å². The highest BCUT2D eigenvalue weighted by Gasteiger charge is 2.03. The van der Waals surface area contributed by atoms with E-state index in [-0.39, 0.29) is 0 Å².